The Hall–Kier alpha value is -4.37. The summed E-state index contributed by atoms with van der Waals surface area (Å²) in [7, 11) is 2.86. The van der Waals surface area contributed by atoms with Gasteiger partial charge in [0.2, 0.25) is 0 Å². The molecule has 1 saturated heterocycles. The van der Waals surface area contributed by atoms with Crippen LogP contribution in [0.3, 0.4) is 0 Å². The average Bonchev–Trinajstić information content (AvgIpc) is 3.09. The van der Waals surface area contributed by atoms with Gasteiger partial charge in [-0.05, 0) is 83.0 Å². The molecule has 48 heavy (non-hydrogen) atoms. The van der Waals surface area contributed by atoms with Crippen molar-refractivity contribution < 1.29 is 64.2 Å². The molecule has 1 aliphatic carbocycles. The second-order valence-corrected chi connectivity index (χ2v) is 11.8. The van der Waals surface area contributed by atoms with Crippen molar-refractivity contribution in [3.63, 3.8) is 0 Å². The van der Waals surface area contributed by atoms with Crippen LogP contribution in [0.25, 0.3) is 6.08 Å². The second-order valence-electron chi connectivity index (χ2n) is 11.8. The van der Waals surface area contributed by atoms with Gasteiger partial charge in [-0.3, -0.25) is 0 Å². The molecule has 0 bridgehead atoms. The van der Waals surface area contributed by atoms with Crippen LogP contribution in [0.1, 0.15) is 28.2 Å². The SMILES string of the molecule is COc1cc([C@H]2c3cc(O)c(OC)cc3C[C@@H](CO)[C@@H]2CO[C@@H]2O[C@H](COC(=O)/C=C/c3ccc(O)cc3)[C@@H](O)[C@H](O)[C@H]2O)ccc1O. The number of hydrogen-bond acceptors (Lipinski definition) is 13. The standard InChI is InChI=1S/C35H40O13/c1-44-27-12-19(6-9-25(27)38)31-23-14-26(39)28(45-2)13-20(23)11-21(15-36)24(31)16-47-35-34(43)33(42)32(41)29(48-35)17-46-30(40)10-5-18-3-7-22(37)8-4-18/h3-10,12-14,21,24,29,31-39,41-43H,11,15-17H2,1-2H3/b10-5+/t21-,24-,29+,31-,32+,33-,34+,35+/m0/s1. The van der Waals surface area contributed by atoms with Crippen molar-refractivity contribution in [1.82, 2.24) is 0 Å². The van der Waals surface area contributed by atoms with Crippen LogP contribution in [-0.2, 0) is 25.4 Å². The fourth-order valence-electron chi connectivity index (χ4n) is 6.30. The van der Waals surface area contributed by atoms with Gasteiger partial charge in [0, 0.05) is 18.6 Å². The first-order chi connectivity index (χ1) is 23.0. The number of phenols is 3. The number of hydrogen-bond donors (Lipinski definition) is 7. The average molecular weight is 669 g/mol. The Morgan fingerprint density at radius 2 is 1.58 bits per heavy atom. The zero-order valence-corrected chi connectivity index (χ0v) is 26.4. The molecule has 5 rings (SSSR count). The minimum atomic E-state index is -1.69. The van der Waals surface area contributed by atoms with E-state index in [2.05, 4.69) is 0 Å². The highest BCUT2D eigenvalue weighted by Crippen LogP contribution is 2.48. The van der Waals surface area contributed by atoms with E-state index in [1.165, 1.54) is 38.5 Å². The lowest BCUT2D eigenvalue weighted by atomic mass is 9.67. The van der Waals surface area contributed by atoms with Crippen LogP contribution < -0.4 is 9.47 Å². The number of fused-ring (bicyclic) bond motifs is 1. The van der Waals surface area contributed by atoms with Crippen LogP contribution in [0, 0.1) is 11.8 Å². The van der Waals surface area contributed by atoms with Gasteiger partial charge < -0.3 is 59.4 Å². The van der Waals surface area contributed by atoms with Crippen molar-refractivity contribution in [2.24, 2.45) is 11.8 Å². The molecule has 1 aliphatic heterocycles. The molecule has 0 radical (unpaired) electrons. The minimum absolute atomic E-state index is 0.0739. The Labute approximate surface area is 276 Å². The van der Waals surface area contributed by atoms with Gasteiger partial charge in [0.05, 0.1) is 20.8 Å². The van der Waals surface area contributed by atoms with Crippen molar-refractivity contribution in [3.8, 4) is 28.7 Å². The van der Waals surface area contributed by atoms with Crippen LogP contribution >= 0.6 is 0 Å². The van der Waals surface area contributed by atoms with Gasteiger partial charge in [-0.1, -0.05) is 18.2 Å². The minimum Gasteiger partial charge on any atom is -0.508 e. The number of esters is 1. The van der Waals surface area contributed by atoms with Crippen LogP contribution in [0.2, 0.25) is 0 Å². The Kier molecular flexibility index (Phi) is 11.1. The van der Waals surface area contributed by atoms with E-state index in [0.29, 0.717) is 17.5 Å². The molecule has 0 aromatic heterocycles. The number of carbonyl (C=O) groups excluding carboxylic acids is 1. The van der Waals surface area contributed by atoms with Crippen LogP contribution in [0.15, 0.2) is 60.7 Å². The lowest BCUT2D eigenvalue weighted by Crippen LogP contribution is -2.59. The van der Waals surface area contributed by atoms with Gasteiger partial charge >= 0.3 is 5.97 Å². The fourth-order valence-corrected chi connectivity index (χ4v) is 6.30. The summed E-state index contributed by atoms with van der Waals surface area (Å²) >= 11 is 0. The van der Waals surface area contributed by atoms with Crippen molar-refractivity contribution in [3.05, 3.63) is 82.9 Å². The van der Waals surface area contributed by atoms with E-state index in [9.17, 15) is 40.5 Å². The number of ether oxygens (including phenoxy) is 5. The monoisotopic (exact) mass is 668 g/mol. The molecule has 0 unspecified atom stereocenters. The number of aliphatic hydroxyl groups excluding tert-OH is 4. The van der Waals surface area contributed by atoms with Gasteiger partial charge in [-0.15, -0.1) is 0 Å². The molecule has 1 heterocycles. The Morgan fingerprint density at radius 3 is 2.27 bits per heavy atom. The number of phenolic OH excluding ortho intramolecular Hbond substituents is 3. The van der Waals surface area contributed by atoms with E-state index in [1.807, 2.05) is 0 Å². The maximum atomic E-state index is 12.4. The van der Waals surface area contributed by atoms with Gasteiger partial charge in [0.25, 0.3) is 0 Å². The van der Waals surface area contributed by atoms with Crippen LogP contribution in [0.4, 0.5) is 0 Å². The molecule has 13 heteroatoms. The summed E-state index contributed by atoms with van der Waals surface area (Å²) in [6.07, 6.45) is -4.62. The third kappa shape index (κ3) is 7.51. The number of aliphatic hydroxyl groups is 4. The Balaban J connectivity index is 1.35. The lowest BCUT2D eigenvalue weighted by Gasteiger charge is -2.43. The summed E-state index contributed by atoms with van der Waals surface area (Å²) in [5.41, 5.74) is 2.87. The molecule has 1 fully saturated rings. The highest BCUT2D eigenvalue weighted by atomic mass is 16.7. The predicted octanol–water partition coefficient (Wildman–Crippen LogP) is 1.81. The van der Waals surface area contributed by atoms with Crippen molar-refractivity contribution in [1.29, 1.82) is 0 Å². The molecule has 2 aliphatic rings. The van der Waals surface area contributed by atoms with E-state index in [-0.39, 0.29) is 47.9 Å². The molecular weight excluding hydrogens is 628 g/mol. The zero-order chi connectivity index (χ0) is 34.5. The van der Waals surface area contributed by atoms with Gasteiger partial charge in [-0.25, -0.2) is 4.79 Å². The largest absolute Gasteiger partial charge is 0.508 e. The Bertz CT molecular complexity index is 1590. The van der Waals surface area contributed by atoms with Crippen LogP contribution in [0.5, 0.6) is 28.7 Å². The van der Waals surface area contributed by atoms with Gasteiger partial charge in [-0.2, -0.15) is 0 Å². The molecule has 258 valence electrons. The molecule has 0 amide bonds. The fraction of sp³-hybridized carbons (Fsp3) is 0.400. The topological polar surface area (TPSA) is 205 Å². The first-order valence-electron chi connectivity index (χ1n) is 15.4. The number of aromatic hydroxyl groups is 3. The smallest absolute Gasteiger partial charge is 0.330 e. The van der Waals surface area contributed by atoms with E-state index in [4.69, 9.17) is 23.7 Å². The van der Waals surface area contributed by atoms with Crippen molar-refractivity contribution >= 4 is 12.0 Å². The molecule has 7 N–H and O–H groups in total. The number of carbonyl (C=O) groups is 1. The normalized spacial score (nSPS) is 27.0. The number of benzene rings is 3. The highest BCUT2D eigenvalue weighted by Gasteiger charge is 2.46. The molecule has 0 spiro atoms. The van der Waals surface area contributed by atoms with E-state index in [1.54, 1.807) is 36.4 Å². The summed E-state index contributed by atoms with van der Waals surface area (Å²) < 4.78 is 27.7. The third-order valence-corrected chi connectivity index (χ3v) is 8.91. The first kappa shape index (κ1) is 35.0. The highest BCUT2D eigenvalue weighted by molar-refractivity contribution is 5.87. The molecule has 8 atom stereocenters. The summed E-state index contributed by atoms with van der Waals surface area (Å²) in [6.45, 7) is -0.817. The van der Waals surface area contributed by atoms with Crippen molar-refractivity contribution in [2.75, 3.05) is 34.0 Å². The summed E-state index contributed by atoms with van der Waals surface area (Å²) in [5, 5.41) is 72.9. The summed E-state index contributed by atoms with van der Waals surface area (Å²) in [4.78, 5) is 12.4. The number of rotatable bonds is 11. The van der Waals surface area contributed by atoms with E-state index in [0.717, 1.165) is 17.2 Å². The molecule has 13 nitrogen and oxygen atoms in total. The van der Waals surface area contributed by atoms with Crippen LogP contribution in [-0.4, -0.2) is 106 Å². The molecule has 3 aromatic carbocycles. The zero-order valence-electron chi connectivity index (χ0n) is 26.4. The van der Waals surface area contributed by atoms with Gasteiger partial charge in [0.1, 0.15) is 36.8 Å². The van der Waals surface area contributed by atoms with Gasteiger partial charge in [0.15, 0.2) is 29.3 Å². The summed E-state index contributed by atoms with van der Waals surface area (Å²) in [5.74, 6) is -1.72. The second kappa shape index (κ2) is 15.2. The first-order valence-corrected chi connectivity index (χ1v) is 15.4. The molecule has 0 saturated carbocycles. The molecular formula is C35H40O13. The predicted molar refractivity (Wildman–Crippen MR) is 170 cm³/mol. The third-order valence-electron chi connectivity index (χ3n) is 8.91. The number of methoxy groups -OCH3 is 2. The van der Waals surface area contributed by atoms with E-state index < -0.39 is 55.1 Å². The summed E-state index contributed by atoms with van der Waals surface area (Å²) in [6, 6.07) is 14.3. The molecule has 3 aromatic rings. The van der Waals surface area contributed by atoms with E-state index >= 15 is 0 Å². The maximum absolute atomic E-state index is 12.4. The lowest BCUT2D eigenvalue weighted by molar-refractivity contribution is -0.304. The quantitative estimate of drug-likeness (QED) is 0.115. The maximum Gasteiger partial charge on any atom is 0.330 e. The Morgan fingerprint density at radius 1 is 0.875 bits per heavy atom. The van der Waals surface area contributed by atoms with Crippen molar-refractivity contribution in [2.45, 2.75) is 43.0 Å².